The Bertz CT molecular complexity index is 169. The van der Waals surface area contributed by atoms with Crippen molar-refractivity contribution in [2.75, 3.05) is 0 Å². The van der Waals surface area contributed by atoms with Gasteiger partial charge in [0, 0.05) is 0 Å². The van der Waals surface area contributed by atoms with Gasteiger partial charge in [-0.1, -0.05) is 19.9 Å². The highest BCUT2D eigenvalue weighted by Crippen LogP contribution is 2.38. The average molecular weight is 186 g/mol. The van der Waals surface area contributed by atoms with Crippen molar-refractivity contribution in [3.63, 3.8) is 0 Å². The van der Waals surface area contributed by atoms with E-state index in [1.807, 2.05) is 6.08 Å². The molecule has 12 heavy (non-hydrogen) atoms. The van der Waals surface area contributed by atoms with Crippen LogP contribution in [0.1, 0.15) is 20.3 Å². The van der Waals surface area contributed by atoms with Crippen LogP contribution in [-0.2, 0) is 0 Å². The first-order chi connectivity index (χ1) is 5.57. The summed E-state index contributed by atoms with van der Waals surface area (Å²) in [7, 11) is 2.89. The molecule has 0 aromatic heterocycles. The van der Waals surface area contributed by atoms with Gasteiger partial charge >= 0.3 is 0 Å². The summed E-state index contributed by atoms with van der Waals surface area (Å²) in [5.41, 5.74) is 0.584. The van der Waals surface area contributed by atoms with Gasteiger partial charge in [0.2, 0.25) is 0 Å². The maximum absolute atomic E-state index is 9.71. The smallest absolute Gasteiger partial charge is 0.0574 e. The number of hydrogen-bond donors (Lipinski definition) is 1. The summed E-state index contributed by atoms with van der Waals surface area (Å²) < 4.78 is 0. The molecule has 0 spiro atoms. The van der Waals surface area contributed by atoms with E-state index in [9.17, 15) is 5.11 Å². The first-order valence-electron chi connectivity index (χ1n) is 4.64. The van der Waals surface area contributed by atoms with E-state index in [0.29, 0.717) is 23.4 Å². The highest BCUT2D eigenvalue weighted by Gasteiger charge is 2.35. The van der Waals surface area contributed by atoms with Crippen molar-refractivity contribution in [2.45, 2.75) is 32.0 Å². The summed E-state index contributed by atoms with van der Waals surface area (Å²) in [5, 5.41) is 9.71. The predicted molar refractivity (Wildman–Crippen MR) is 56.1 cm³/mol. The molecule has 0 bridgehead atoms. The fraction of sp³-hybridized carbons (Fsp3) is 0.800. The van der Waals surface area contributed by atoms with E-state index < -0.39 is 0 Å². The molecule has 2 heteroatoms. The third-order valence-corrected chi connectivity index (χ3v) is 4.46. The Morgan fingerprint density at radius 1 is 1.42 bits per heavy atom. The van der Waals surface area contributed by atoms with Gasteiger partial charge in [-0.3, -0.25) is 0 Å². The first kappa shape index (κ1) is 10.2. The Kier molecular flexibility index (Phi) is 3.31. The Morgan fingerprint density at radius 2 is 2.00 bits per heavy atom. The van der Waals surface area contributed by atoms with E-state index in [1.165, 1.54) is 0 Å². The average Bonchev–Trinajstić information content (AvgIpc) is 2.08. The Labute approximate surface area is 77.5 Å². The lowest BCUT2D eigenvalue weighted by molar-refractivity contribution is 0.0358. The molecule has 1 rings (SSSR count). The van der Waals surface area contributed by atoms with Crippen molar-refractivity contribution in [3.05, 3.63) is 12.7 Å². The molecule has 0 aromatic rings. The third-order valence-electron chi connectivity index (χ3n) is 3.35. The number of rotatable bonds is 1. The highest BCUT2D eigenvalue weighted by molar-refractivity contribution is 7.17. The van der Waals surface area contributed by atoms with Crippen LogP contribution in [0, 0.1) is 17.8 Å². The number of aliphatic hydroxyl groups is 1. The van der Waals surface area contributed by atoms with E-state index in [0.717, 1.165) is 6.42 Å². The van der Waals surface area contributed by atoms with Crippen LogP contribution in [0.25, 0.3) is 0 Å². The van der Waals surface area contributed by atoms with Gasteiger partial charge in [0.05, 0.1) is 6.10 Å². The SMILES string of the molecule is C=CC1CC(O)C(C)C(C)C1P. The molecular formula is C10H19OP. The van der Waals surface area contributed by atoms with E-state index in [2.05, 4.69) is 29.7 Å². The molecule has 0 heterocycles. The molecule has 1 aliphatic rings. The molecule has 0 radical (unpaired) electrons. The first-order valence-corrected chi connectivity index (χ1v) is 5.30. The zero-order valence-electron chi connectivity index (χ0n) is 7.90. The molecule has 0 aliphatic heterocycles. The number of hydrogen-bond acceptors (Lipinski definition) is 1. The van der Waals surface area contributed by atoms with Gasteiger partial charge in [-0.15, -0.1) is 15.8 Å². The number of allylic oxidation sites excluding steroid dienone is 1. The second-order valence-corrected chi connectivity index (χ2v) is 4.77. The topological polar surface area (TPSA) is 20.2 Å². The standard InChI is InChI=1S/C10H19OP/c1-4-8-5-9(11)6(2)7(3)10(8)12/h4,6-11H,1,5,12H2,2-3H3. The summed E-state index contributed by atoms with van der Waals surface area (Å²) >= 11 is 0. The molecular weight excluding hydrogens is 167 g/mol. The maximum atomic E-state index is 9.71. The summed E-state index contributed by atoms with van der Waals surface area (Å²) in [6, 6.07) is 0. The van der Waals surface area contributed by atoms with Crippen LogP contribution in [-0.4, -0.2) is 16.9 Å². The van der Waals surface area contributed by atoms with Gasteiger partial charge < -0.3 is 5.11 Å². The summed E-state index contributed by atoms with van der Waals surface area (Å²) in [5.74, 6) is 1.46. The second-order valence-electron chi connectivity index (χ2n) is 4.00. The second kappa shape index (κ2) is 3.89. The molecule has 1 fully saturated rings. The Morgan fingerprint density at radius 3 is 2.50 bits per heavy atom. The minimum Gasteiger partial charge on any atom is -0.393 e. The summed E-state index contributed by atoms with van der Waals surface area (Å²) in [6.07, 6.45) is 2.71. The molecule has 6 unspecified atom stereocenters. The van der Waals surface area contributed by atoms with Crippen LogP contribution in [0.5, 0.6) is 0 Å². The molecule has 1 aliphatic carbocycles. The zero-order chi connectivity index (χ0) is 9.30. The monoisotopic (exact) mass is 186 g/mol. The fourth-order valence-corrected chi connectivity index (χ4v) is 2.66. The summed E-state index contributed by atoms with van der Waals surface area (Å²) in [4.78, 5) is 0. The van der Waals surface area contributed by atoms with Gasteiger partial charge in [0.25, 0.3) is 0 Å². The summed E-state index contributed by atoms with van der Waals surface area (Å²) in [6.45, 7) is 8.14. The van der Waals surface area contributed by atoms with E-state index in [4.69, 9.17) is 0 Å². The molecule has 1 N–H and O–H groups in total. The third kappa shape index (κ3) is 1.72. The van der Waals surface area contributed by atoms with Gasteiger partial charge in [-0.2, -0.15) is 0 Å². The van der Waals surface area contributed by atoms with Gasteiger partial charge in [0.15, 0.2) is 0 Å². The number of aliphatic hydroxyl groups excluding tert-OH is 1. The van der Waals surface area contributed by atoms with Crippen molar-refractivity contribution >= 4 is 9.24 Å². The zero-order valence-corrected chi connectivity index (χ0v) is 9.06. The van der Waals surface area contributed by atoms with E-state index in [1.54, 1.807) is 0 Å². The van der Waals surface area contributed by atoms with Crippen molar-refractivity contribution in [2.24, 2.45) is 17.8 Å². The predicted octanol–water partition coefficient (Wildman–Crippen LogP) is 2.07. The van der Waals surface area contributed by atoms with Crippen LogP contribution in [0.15, 0.2) is 12.7 Å². The quantitative estimate of drug-likeness (QED) is 0.491. The van der Waals surface area contributed by atoms with Gasteiger partial charge in [-0.25, -0.2) is 0 Å². The lowest BCUT2D eigenvalue weighted by Crippen LogP contribution is -2.40. The largest absolute Gasteiger partial charge is 0.393 e. The molecule has 1 saturated carbocycles. The van der Waals surface area contributed by atoms with E-state index >= 15 is 0 Å². The normalized spacial score (nSPS) is 48.8. The van der Waals surface area contributed by atoms with Crippen molar-refractivity contribution in [1.29, 1.82) is 0 Å². The van der Waals surface area contributed by atoms with Crippen LogP contribution in [0.2, 0.25) is 0 Å². The molecule has 0 saturated heterocycles. The Hall–Kier alpha value is 0.130. The molecule has 1 nitrogen and oxygen atoms in total. The maximum Gasteiger partial charge on any atom is 0.0574 e. The van der Waals surface area contributed by atoms with Crippen LogP contribution >= 0.6 is 9.24 Å². The fourth-order valence-electron chi connectivity index (χ4n) is 1.99. The lowest BCUT2D eigenvalue weighted by Gasteiger charge is -2.40. The minimum atomic E-state index is -0.139. The lowest BCUT2D eigenvalue weighted by atomic mass is 9.73. The highest BCUT2D eigenvalue weighted by atomic mass is 31.0. The molecule has 70 valence electrons. The van der Waals surface area contributed by atoms with Crippen molar-refractivity contribution in [1.82, 2.24) is 0 Å². The van der Waals surface area contributed by atoms with Crippen LogP contribution < -0.4 is 0 Å². The molecule has 0 aromatic carbocycles. The molecule has 6 atom stereocenters. The van der Waals surface area contributed by atoms with Crippen LogP contribution in [0.4, 0.5) is 0 Å². The van der Waals surface area contributed by atoms with Crippen molar-refractivity contribution < 1.29 is 5.11 Å². The van der Waals surface area contributed by atoms with E-state index in [-0.39, 0.29) is 6.10 Å². The Balaban J connectivity index is 2.70. The van der Waals surface area contributed by atoms with Crippen LogP contribution in [0.3, 0.4) is 0 Å². The minimum absolute atomic E-state index is 0.139. The molecule has 0 amide bonds. The van der Waals surface area contributed by atoms with Crippen molar-refractivity contribution in [3.8, 4) is 0 Å². The van der Waals surface area contributed by atoms with Gasteiger partial charge in [-0.05, 0) is 29.8 Å². The van der Waals surface area contributed by atoms with Gasteiger partial charge in [0.1, 0.15) is 0 Å².